The average Bonchev–Trinajstić information content (AvgIpc) is 3.82. The maximum Gasteiger partial charge on any atom is 0.338 e. The van der Waals surface area contributed by atoms with Crippen LogP contribution >= 0.6 is 0 Å². The van der Waals surface area contributed by atoms with Crippen molar-refractivity contribution < 1.29 is 48.1 Å². The largest absolute Gasteiger partial charge is 0.497 e. The number of carbonyl (C=O) groups excluding carboxylic acids is 8. The lowest BCUT2D eigenvalue weighted by molar-refractivity contribution is -0.459. The maximum atomic E-state index is 15.3. The van der Waals surface area contributed by atoms with E-state index < -0.39 is 89.4 Å². The van der Waals surface area contributed by atoms with E-state index >= 15 is 4.79 Å². The van der Waals surface area contributed by atoms with Gasteiger partial charge in [-0.25, -0.2) is 0 Å². The molecular formula is C55H75N12O9+. The Morgan fingerprint density at radius 2 is 1.42 bits per heavy atom. The number of fused-ring (bicyclic) bond motifs is 1. The molecule has 0 bridgehead atoms. The van der Waals surface area contributed by atoms with E-state index in [2.05, 4.69) is 47.2 Å². The first-order valence-electron chi connectivity index (χ1n) is 26.3. The number of hydrogen-bond donors (Lipinski definition) is 12. The van der Waals surface area contributed by atoms with Crippen LogP contribution in [0, 0.1) is 0 Å². The van der Waals surface area contributed by atoms with E-state index in [9.17, 15) is 33.6 Å². The Morgan fingerprint density at radius 3 is 2.12 bits per heavy atom. The van der Waals surface area contributed by atoms with Gasteiger partial charge in [-0.05, 0) is 105 Å². The van der Waals surface area contributed by atoms with Gasteiger partial charge in [0.05, 0.1) is 20.1 Å². The molecule has 6 rings (SSSR count). The second-order valence-corrected chi connectivity index (χ2v) is 19.8. The number of ether oxygens (including phenoxy) is 1. The molecule has 2 heterocycles. The van der Waals surface area contributed by atoms with Gasteiger partial charge in [0.1, 0.15) is 41.5 Å². The van der Waals surface area contributed by atoms with Gasteiger partial charge in [0.15, 0.2) is 0 Å². The molecule has 1 spiro atoms. The molecule has 2 fully saturated rings. The highest BCUT2D eigenvalue weighted by Gasteiger charge is 2.46. The second-order valence-electron chi connectivity index (χ2n) is 19.8. The van der Waals surface area contributed by atoms with Crippen molar-refractivity contribution in [1.29, 1.82) is 0 Å². The smallest absolute Gasteiger partial charge is 0.338 e. The molecule has 5 atom stereocenters. The minimum Gasteiger partial charge on any atom is -0.497 e. The van der Waals surface area contributed by atoms with E-state index in [1.54, 1.807) is 43.6 Å². The zero-order valence-corrected chi connectivity index (χ0v) is 43.5. The Morgan fingerprint density at radius 1 is 0.750 bits per heavy atom. The fourth-order valence-corrected chi connectivity index (χ4v) is 9.82. The lowest BCUT2D eigenvalue weighted by atomic mass is 9.73. The first-order valence-corrected chi connectivity index (χ1v) is 26.3. The summed E-state index contributed by atoms with van der Waals surface area (Å²) in [5.41, 5.74) is 18.7. The highest BCUT2D eigenvalue weighted by molar-refractivity contribution is 6.00. The van der Waals surface area contributed by atoms with Gasteiger partial charge in [-0.3, -0.25) is 54.8 Å². The molecule has 4 aromatic rings. The molecule has 0 radical (unpaired) electrons. The van der Waals surface area contributed by atoms with E-state index in [4.69, 9.17) is 21.9 Å². The monoisotopic (exact) mass is 1050 g/mol. The summed E-state index contributed by atoms with van der Waals surface area (Å²) in [5.74, 6) is -4.84. The number of nitrogens with one attached hydrogen (secondary N) is 9. The van der Waals surface area contributed by atoms with Crippen LogP contribution in [0.4, 0.5) is 0 Å². The molecule has 1 aliphatic heterocycles. The number of methoxy groups -OCH3 is 1. The fourth-order valence-electron chi connectivity index (χ4n) is 9.82. The Hall–Kier alpha value is -7.97. The summed E-state index contributed by atoms with van der Waals surface area (Å²) in [7, 11) is 1.58. The quantitative estimate of drug-likeness (QED) is 0.0430. The topological polar surface area (TPSA) is 338 Å². The standard InChI is InChI=1S/C55H74N12O9/c1-3-4-19-46(68)62-45-32-47(69)59-28-11-10-17-41(48(56)70)63-51(73)44(31-37-33-61-40-16-9-8-15-39(37)40)65-49(71)42(18-12-29-60-54(57)58)64-50(72)43(30-34-13-6-5-7-14-34)66-53(75)55(67-52(45)74)26-24-36(25-27-55)35-20-22-38(76-2)23-21-35/h5-9,13-16,20-23,33,36,41-45,61H,3-4,10-12,17-19,24-32H2,1-2H3,(H2,56,70)(H,59,69)(H,62,68)(H,63,73)(H,64,72)(H,65,71)(H,66,75)(H,67,74)(H4,57,58,60)/p+1/t36?,41-,42-,43+,44-,45?,55?/m0/s1. The zero-order valence-electron chi connectivity index (χ0n) is 43.5. The summed E-state index contributed by atoms with van der Waals surface area (Å²) in [6, 6.07) is 17.5. The summed E-state index contributed by atoms with van der Waals surface area (Å²) >= 11 is 0. The molecule has 76 heavy (non-hydrogen) atoms. The van der Waals surface area contributed by atoms with E-state index in [0.29, 0.717) is 55.4 Å². The number of guanidine groups is 1. The third kappa shape index (κ3) is 16.5. The normalized spacial score (nSPS) is 23.7. The summed E-state index contributed by atoms with van der Waals surface area (Å²) in [4.78, 5) is 120. The fraction of sp³-hybridized carbons (Fsp3) is 0.473. The molecule has 408 valence electrons. The van der Waals surface area contributed by atoms with Gasteiger partial charge in [-0.2, -0.15) is 0 Å². The van der Waals surface area contributed by atoms with Crippen LogP contribution in [0.15, 0.2) is 85.1 Å². The lowest BCUT2D eigenvalue weighted by Gasteiger charge is -2.41. The van der Waals surface area contributed by atoms with Gasteiger partial charge in [0.25, 0.3) is 0 Å². The molecule has 1 saturated heterocycles. The lowest BCUT2D eigenvalue weighted by Crippen LogP contribution is -2.78. The first-order chi connectivity index (χ1) is 36.6. The van der Waals surface area contributed by atoms with Crippen LogP contribution in [-0.2, 0) is 51.2 Å². The summed E-state index contributed by atoms with van der Waals surface area (Å²) in [5, 5.41) is 20.7. The van der Waals surface area contributed by atoms with Crippen molar-refractivity contribution in [3.8, 4) is 5.75 Å². The number of rotatable bonds is 15. The Labute approximate surface area is 442 Å². The van der Waals surface area contributed by atoms with Crippen LogP contribution in [0.5, 0.6) is 5.75 Å². The van der Waals surface area contributed by atoms with Gasteiger partial charge in [-0.1, -0.05) is 74.0 Å². The minimum atomic E-state index is -1.63. The second kappa shape index (κ2) is 28.1. The molecule has 21 heteroatoms. The van der Waals surface area contributed by atoms with Gasteiger partial charge in [0, 0.05) is 42.9 Å². The van der Waals surface area contributed by atoms with Crippen LogP contribution in [0.1, 0.15) is 113 Å². The molecule has 1 aliphatic carbocycles. The highest BCUT2D eigenvalue weighted by Crippen LogP contribution is 2.39. The van der Waals surface area contributed by atoms with Crippen molar-refractivity contribution >= 4 is 64.1 Å². The molecule has 3 aromatic carbocycles. The van der Waals surface area contributed by atoms with Crippen molar-refractivity contribution in [2.75, 3.05) is 20.2 Å². The number of para-hydroxylation sites is 1. The van der Waals surface area contributed by atoms with Gasteiger partial charge in [0.2, 0.25) is 47.3 Å². The van der Waals surface area contributed by atoms with Gasteiger partial charge in [-0.15, -0.1) is 0 Å². The summed E-state index contributed by atoms with van der Waals surface area (Å²) < 4.78 is 5.38. The minimum absolute atomic E-state index is 0.0139. The number of aromatic nitrogens is 1. The Kier molecular flexibility index (Phi) is 21.2. The number of benzene rings is 3. The van der Waals surface area contributed by atoms with Crippen LogP contribution in [0.3, 0.4) is 0 Å². The van der Waals surface area contributed by atoms with Crippen LogP contribution < -0.4 is 64.1 Å². The van der Waals surface area contributed by atoms with Crippen molar-refractivity contribution in [3.05, 3.63) is 102 Å². The molecule has 2 aliphatic rings. The molecule has 1 unspecified atom stereocenters. The van der Waals surface area contributed by atoms with E-state index in [-0.39, 0.29) is 76.3 Å². The predicted octanol–water partition coefficient (Wildman–Crippen LogP) is 0.0984. The number of unbranched alkanes of at least 4 members (excludes halogenated alkanes) is 1. The number of H-pyrrole nitrogens is 1. The molecule has 21 nitrogen and oxygen atoms in total. The SMILES string of the molecule is CCCCC(=O)NC1CC(=O)NCCCC[C@@H](C(N)=O)NC(=O)[C@H](Cc2c[nH]c3ccccc23)NC(=O)[C@H](CCC[NH+]=C(N)N)NC(=O)[C@@H](Cc2ccccc2)NC(=O)C2(CCC(c3ccc(OC)cc3)CC2)NC1=O. The molecular weight excluding hydrogens is 973 g/mol. The van der Waals surface area contributed by atoms with Crippen molar-refractivity contribution in [2.24, 2.45) is 17.2 Å². The average molecular weight is 1050 g/mol. The van der Waals surface area contributed by atoms with Crippen molar-refractivity contribution in [3.63, 3.8) is 0 Å². The zero-order chi connectivity index (χ0) is 54.6. The molecule has 1 aromatic heterocycles. The predicted molar refractivity (Wildman–Crippen MR) is 286 cm³/mol. The van der Waals surface area contributed by atoms with Crippen molar-refractivity contribution in [1.82, 2.24) is 42.2 Å². The van der Waals surface area contributed by atoms with Gasteiger partial charge < -0.3 is 52.7 Å². The van der Waals surface area contributed by atoms with Crippen LogP contribution in [0.25, 0.3) is 10.9 Å². The third-order valence-corrected chi connectivity index (χ3v) is 14.2. The van der Waals surface area contributed by atoms with Gasteiger partial charge >= 0.3 is 5.96 Å². The van der Waals surface area contributed by atoms with Crippen LogP contribution in [0.2, 0.25) is 0 Å². The summed E-state index contributed by atoms with van der Waals surface area (Å²) in [6.45, 7) is 2.25. The molecule has 15 N–H and O–H groups in total. The Balaban J connectivity index is 1.39. The summed E-state index contributed by atoms with van der Waals surface area (Å²) in [6.07, 6.45) is 4.68. The highest BCUT2D eigenvalue weighted by atomic mass is 16.5. The maximum absolute atomic E-state index is 15.3. The van der Waals surface area contributed by atoms with Crippen molar-refractivity contribution in [2.45, 2.75) is 145 Å². The number of hydrogen-bond acceptors (Lipinski definition) is 9. The van der Waals surface area contributed by atoms with E-state index in [1.165, 1.54) is 0 Å². The van der Waals surface area contributed by atoms with E-state index in [0.717, 1.165) is 16.5 Å². The number of primary amides is 1. The third-order valence-electron chi connectivity index (χ3n) is 14.2. The Bertz CT molecular complexity index is 2660. The molecule has 1 saturated carbocycles. The number of nitrogens with two attached hydrogens (primary N) is 3. The van der Waals surface area contributed by atoms with Crippen LogP contribution in [-0.4, -0.2) is 114 Å². The number of carbonyl (C=O) groups is 8. The first kappa shape index (κ1) is 57.3. The van der Waals surface area contributed by atoms with E-state index in [1.807, 2.05) is 55.5 Å². The number of aromatic amines is 1. The number of amides is 8. The molecule has 8 amide bonds.